The average molecular weight is 493 g/mol. The molecule has 4 N–H and O–H groups in total. The van der Waals surface area contributed by atoms with E-state index in [-0.39, 0.29) is 12.1 Å². The smallest absolute Gasteiger partial charge is 0.267 e. The van der Waals surface area contributed by atoms with E-state index in [0.29, 0.717) is 28.6 Å². The molecule has 0 aliphatic carbocycles. The lowest BCUT2D eigenvalue weighted by Gasteiger charge is -2.28. The Bertz CT molecular complexity index is 1250. The quantitative estimate of drug-likeness (QED) is 0.294. The second-order valence-corrected chi connectivity index (χ2v) is 9.97. The van der Waals surface area contributed by atoms with Crippen molar-refractivity contribution in [1.82, 2.24) is 19.9 Å². The van der Waals surface area contributed by atoms with Crippen molar-refractivity contribution in [3.63, 3.8) is 0 Å². The SMILES string of the molecule is CCCC(O)(Cc1c(Sc2cnc(Nc3ccccn3)s2)ccnc1C(N)=O)c1ccccn1. The normalized spacial score (nSPS) is 12.8. The van der Waals surface area contributed by atoms with Gasteiger partial charge >= 0.3 is 0 Å². The highest BCUT2D eigenvalue weighted by atomic mass is 32.2. The molecule has 4 aromatic heterocycles. The van der Waals surface area contributed by atoms with Crippen LogP contribution in [0.2, 0.25) is 0 Å². The maximum atomic E-state index is 12.2. The summed E-state index contributed by atoms with van der Waals surface area (Å²) < 4.78 is 0.901. The molecule has 0 aliphatic heterocycles. The van der Waals surface area contributed by atoms with E-state index in [9.17, 15) is 9.90 Å². The minimum Gasteiger partial charge on any atom is -0.383 e. The van der Waals surface area contributed by atoms with Crippen LogP contribution in [0, 0.1) is 0 Å². The number of nitrogens with one attached hydrogen (secondary N) is 1. The molecule has 0 aromatic carbocycles. The first-order valence-corrected chi connectivity index (χ1v) is 12.3. The second kappa shape index (κ2) is 10.7. The van der Waals surface area contributed by atoms with Gasteiger partial charge in [-0.05, 0) is 36.8 Å². The highest BCUT2D eigenvalue weighted by Gasteiger charge is 2.33. The number of aromatic nitrogens is 4. The Labute approximate surface area is 205 Å². The number of nitrogens with zero attached hydrogens (tertiary/aromatic N) is 4. The molecule has 10 heteroatoms. The third-order valence-electron chi connectivity index (χ3n) is 5.12. The van der Waals surface area contributed by atoms with Crippen LogP contribution >= 0.6 is 23.1 Å². The number of nitrogens with two attached hydrogens (primary N) is 1. The van der Waals surface area contributed by atoms with Crippen LogP contribution in [0.3, 0.4) is 0 Å². The van der Waals surface area contributed by atoms with Gasteiger partial charge in [-0.2, -0.15) is 0 Å². The molecule has 4 aromatic rings. The summed E-state index contributed by atoms with van der Waals surface area (Å²) in [5.41, 5.74) is 5.68. The number of primary amides is 1. The van der Waals surface area contributed by atoms with Crippen molar-refractivity contribution in [2.45, 2.75) is 40.9 Å². The Morgan fingerprint density at radius 2 is 1.88 bits per heavy atom. The van der Waals surface area contributed by atoms with Crippen LogP contribution in [0.1, 0.15) is 41.5 Å². The molecule has 4 rings (SSSR count). The number of rotatable bonds is 10. The van der Waals surface area contributed by atoms with Crippen LogP contribution in [-0.2, 0) is 12.0 Å². The first kappa shape index (κ1) is 23.8. The van der Waals surface area contributed by atoms with Gasteiger partial charge in [-0.3, -0.25) is 14.8 Å². The third kappa shape index (κ3) is 5.58. The van der Waals surface area contributed by atoms with Crippen LogP contribution < -0.4 is 11.1 Å². The number of carbonyl (C=O) groups excluding carboxylic acids is 1. The highest BCUT2D eigenvalue weighted by molar-refractivity contribution is 8.01. The number of aliphatic hydroxyl groups is 1. The van der Waals surface area contributed by atoms with E-state index in [0.717, 1.165) is 15.5 Å². The van der Waals surface area contributed by atoms with Crippen molar-refractivity contribution in [2.24, 2.45) is 5.73 Å². The van der Waals surface area contributed by atoms with Crippen molar-refractivity contribution in [2.75, 3.05) is 5.32 Å². The van der Waals surface area contributed by atoms with Gasteiger partial charge in [-0.1, -0.05) is 48.6 Å². The van der Waals surface area contributed by atoms with Crippen LogP contribution in [0.5, 0.6) is 0 Å². The van der Waals surface area contributed by atoms with Gasteiger partial charge < -0.3 is 16.2 Å². The molecule has 0 radical (unpaired) electrons. The number of anilines is 2. The zero-order valence-electron chi connectivity index (χ0n) is 18.5. The standard InChI is InChI=1S/C24H24N6O2S2/c1-2-10-24(32,18-7-3-5-11-26-18)14-16-17(9-13-28-21(16)22(25)31)33-20-15-29-23(34-20)30-19-8-4-6-12-27-19/h3-9,11-13,15,32H,2,10,14H2,1H3,(H2,25,31)(H,27,29,30). The Kier molecular flexibility index (Phi) is 7.51. The van der Waals surface area contributed by atoms with E-state index >= 15 is 0 Å². The molecule has 1 atom stereocenters. The van der Waals surface area contributed by atoms with Crippen molar-refractivity contribution in [3.05, 3.63) is 84.2 Å². The van der Waals surface area contributed by atoms with Crippen LogP contribution in [0.15, 0.2) is 76.4 Å². The number of hydrogen-bond donors (Lipinski definition) is 3. The van der Waals surface area contributed by atoms with E-state index < -0.39 is 11.5 Å². The molecule has 0 aliphatic rings. The molecule has 1 amide bonds. The fraction of sp³-hybridized carbons (Fsp3) is 0.208. The molecule has 8 nitrogen and oxygen atoms in total. The van der Waals surface area contributed by atoms with E-state index in [2.05, 4.69) is 25.3 Å². The molecule has 0 fully saturated rings. The molecule has 0 saturated carbocycles. The molecule has 0 bridgehead atoms. The van der Waals surface area contributed by atoms with E-state index in [1.807, 2.05) is 37.3 Å². The molecule has 34 heavy (non-hydrogen) atoms. The monoisotopic (exact) mass is 492 g/mol. The number of thiazole rings is 1. The molecule has 4 heterocycles. The van der Waals surface area contributed by atoms with E-state index in [4.69, 9.17) is 5.73 Å². The predicted molar refractivity (Wildman–Crippen MR) is 133 cm³/mol. The lowest BCUT2D eigenvalue weighted by Crippen LogP contribution is -2.31. The molecular weight excluding hydrogens is 468 g/mol. The predicted octanol–water partition coefficient (Wildman–Crippen LogP) is 4.55. The average Bonchev–Trinajstić information content (AvgIpc) is 3.28. The summed E-state index contributed by atoms with van der Waals surface area (Å²) in [6.45, 7) is 2.00. The lowest BCUT2D eigenvalue weighted by atomic mass is 9.86. The first-order valence-electron chi connectivity index (χ1n) is 10.7. The zero-order chi connectivity index (χ0) is 24.0. The zero-order valence-corrected chi connectivity index (χ0v) is 20.1. The molecule has 0 saturated heterocycles. The topological polar surface area (TPSA) is 127 Å². The lowest BCUT2D eigenvalue weighted by molar-refractivity contribution is 0.0217. The van der Waals surface area contributed by atoms with Crippen LogP contribution in [-0.4, -0.2) is 30.9 Å². The van der Waals surface area contributed by atoms with E-state index in [1.165, 1.54) is 23.1 Å². The summed E-state index contributed by atoms with van der Waals surface area (Å²) >= 11 is 2.91. The largest absolute Gasteiger partial charge is 0.383 e. The number of amides is 1. The van der Waals surface area contributed by atoms with Gasteiger partial charge in [0.1, 0.15) is 17.1 Å². The van der Waals surface area contributed by atoms with E-state index in [1.54, 1.807) is 36.9 Å². The van der Waals surface area contributed by atoms with Gasteiger partial charge in [-0.25, -0.2) is 9.97 Å². The van der Waals surface area contributed by atoms with Crippen molar-refractivity contribution < 1.29 is 9.90 Å². The van der Waals surface area contributed by atoms with Gasteiger partial charge in [0, 0.05) is 35.5 Å². The molecule has 1 unspecified atom stereocenters. The maximum Gasteiger partial charge on any atom is 0.267 e. The number of carbonyl (C=O) groups is 1. The van der Waals surface area contributed by atoms with Crippen LogP contribution in [0.25, 0.3) is 0 Å². The van der Waals surface area contributed by atoms with Gasteiger partial charge in [-0.15, -0.1) is 0 Å². The molecule has 0 spiro atoms. The summed E-state index contributed by atoms with van der Waals surface area (Å²) in [6, 6.07) is 12.9. The van der Waals surface area contributed by atoms with Crippen molar-refractivity contribution in [3.8, 4) is 0 Å². The number of pyridine rings is 3. The van der Waals surface area contributed by atoms with Gasteiger partial charge in [0.05, 0.1) is 16.1 Å². The van der Waals surface area contributed by atoms with Crippen LogP contribution in [0.4, 0.5) is 10.9 Å². The summed E-state index contributed by atoms with van der Waals surface area (Å²) in [6.07, 6.45) is 8.03. The minimum absolute atomic E-state index is 0.145. The second-order valence-electron chi connectivity index (χ2n) is 7.60. The van der Waals surface area contributed by atoms with Crippen molar-refractivity contribution >= 4 is 40.0 Å². The summed E-state index contributed by atoms with van der Waals surface area (Å²) in [4.78, 5) is 30.3. The summed E-state index contributed by atoms with van der Waals surface area (Å²) in [7, 11) is 0. The van der Waals surface area contributed by atoms with Gasteiger partial charge in [0.2, 0.25) is 0 Å². The summed E-state index contributed by atoms with van der Waals surface area (Å²) in [5, 5.41) is 15.5. The Balaban J connectivity index is 1.65. The summed E-state index contributed by atoms with van der Waals surface area (Å²) in [5.74, 6) is 0.0631. The third-order valence-corrected chi connectivity index (χ3v) is 7.23. The molecule has 174 valence electrons. The fourth-order valence-electron chi connectivity index (χ4n) is 3.62. The fourth-order valence-corrected chi connectivity index (χ4v) is 5.60. The highest BCUT2D eigenvalue weighted by Crippen LogP contribution is 2.40. The van der Waals surface area contributed by atoms with Crippen molar-refractivity contribution in [1.29, 1.82) is 0 Å². The Hall–Kier alpha value is -3.34. The first-order chi connectivity index (χ1) is 16.5. The molecular formula is C24H24N6O2S2. The maximum absolute atomic E-state index is 12.2. The van der Waals surface area contributed by atoms with Gasteiger partial charge in [0.15, 0.2) is 5.13 Å². The Morgan fingerprint density at radius 1 is 1.09 bits per heavy atom. The minimum atomic E-state index is -1.27. The Morgan fingerprint density at radius 3 is 2.56 bits per heavy atom. The number of hydrogen-bond acceptors (Lipinski definition) is 9. The van der Waals surface area contributed by atoms with Gasteiger partial charge in [0.25, 0.3) is 5.91 Å².